The van der Waals surface area contributed by atoms with Crippen molar-refractivity contribution in [3.05, 3.63) is 170 Å². The molecule has 0 amide bonds. The van der Waals surface area contributed by atoms with Crippen LogP contribution in [0.1, 0.15) is 0 Å². The Hall–Kier alpha value is -6.84. The van der Waals surface area contributed by atoms with Gasteiger partial charge in [0.2, 0.25) is 0 Å². The first-order valence-corrected chi connectivity index (χ1v) is 17.3. The Morgan fingerprint density at radius 1 is 0.353 bits per heavy atom. The van der Waals surface area contributed by atoms with Gasteiger partial charge in [-0.25, -0.2) is 4.98 Å². The van der Waals surface area contributed by atoms with Gasteiger partial charge in [-0.15, -0.1) is 0 Å². The molecule has 3 nitrogen and oxygen atoms in total. The molecule has 51 heavy (non-hydrogen) atoms. The number of rotatable bonds is 3. The minimum atomic E-state index is 0.900. The van der Waals surface area contributed by atoms with E-state index < -0.39 is 0 Å². The van der Waals surface area contributed by atoms with Crippen LogP contribution >= 0.6 is 0 Å². The van der Waals surface area contributed by atoms with Crippen LogP contribution < -0.4 is 0 Å². The summed E-state index contributed by atoms with van der Waals surface area (Å²) in [5.74, 6) is 0. The summed E-state index contributed by atoms with van der Waals surface area (Å²) >= 11 is 0. The Balaban J connectivity index is 1.13. The second-order valence-electron chi connectivity index (χ2n) is 13.3. The molecule has 0 saturated heterocycles. The molecule has 0 N–H and O–H groups in total. The topological polar surface area (TPSA) is 38.9 Å². The van der Waals surface area contributed by atoms with E-state index in [1.54, 1.807) is 0 Å². The summed E-state index contributed by atoms with van der Waals surface area (Å²) in [4.78, 5) is 9.86. The molecular formula is C48H28N2O. The van der Waals surface area contributed by atoms with Crippen molar-refractivity contribution in [3.8, 4) is 33.5 Å². The van der Waals surface area contributed by atoms with Crippen LogP contribution in [-0.2, 0) is 0 Å². The predicted molar refractivity (Wildman–Crippen MR) is 213 cm³/mol. The van der Waals surface area contributed by atoms with E-state index in [2.05, 4.69) is 163 Å². The third kappa shape index (κ3) is 4.32. The number of fused-ring (bicyclic) bond motifs is 9. The molecular weight excluding hydrogens is 621 g/mol. The summed E-state index contributed by atoms with van der Waals surface area (Å²) < 4.78 is 6.39. The van der Waals surface area contributed by atoms with E-state index >= 15 is 0 Å². The van der Waals surface area contributed by atoms with Crippen LogP contribution in [0.15, 0.2) is 174 Å². The molecule has 236 valence electrons. The molecule has 0 aliphatic rings. The highest BCUT2D eigenvalue weighted by Gasteiger charge is 2.19. The highest BCUT2D eigenvalue weighted by atomic mass is 16.3. The van der Waals surface area contributed by atoms with Crippen molar-refractivity contribution in [3.63, 3.8) is 0 Å². The van der Waals surface area contributed by atoms with Crippen molar-refractivity contribution in [2.75, 3.05) is 0 Å². The summed E-state index contributed by atoms with van der Waals surface area (Å²) in [6.07, 6.45) is 1.84. The average Bonchev–Trinajstić information content (AvgIpc) is 3.55. The fraction of sp³-hybridized carbons (Fsp3) is 0. The Morgan fingerprint density at radius 3 is 1.69 bits per heavy atom. The minimum Gasteiger partial charge on any atom is -0.456 e. The lowest BCUT2D eigenvalue weighted by Crippen LogP contribution is -1.92. The second kappa shape index (κ2) is 10.8. The summed E-state index contributed by atoms with van der Waals surface area (Å²) in [7, 11) is 0. The molecule has 0 aliphatic carbocycles. The van der Waals surface area contributed by atoms with Gasteiger partial charge in [-0.3, -0.25) is 4.98 Å². The molecule has 0 spiro atoms. The summed E-state index contributed by atoms with van der Waals surface area (Å²) in [6, 6.07) is 58.6. The first kappa shape index (κ1) is 28.0. The van der Waals surface area contributed by atoms with E-state index in [0.717, 1.165) is 60.6 Å². The lowest BCUT2D eigenvalue weighted by molar-refractivity contribution is 0.669. The number of hydrogen-bond donors (Lipinski definition) is 0. The summed E-state index contributed by atoms with van der Waals surface area (Å²) in [5, 5.41) is 11.7. The average molecular weight is 649 g/mol. The van der Waals surface area contributed by atoms with Gasteiger partial charge in [-0.1, -0.05) is 121 Å². The van der Waals surface area contributed by atoms with Gasteiger partial charge in [0, 0.05) is 33.3 Å². The number of nitrogens with zero attached hydrogens (tertiary/aromatic N) is 2. The monoisotopic (exact) mass is 648 g/mol. The van der Waals surface area contributed by atoms with Crippen LogP contribution in [0.4, 0.5) is 0 Å². The van der Waals surface area contributed by atoms with Crippen LogP contribution in [0, 0.1) is 0 Å². The summed E-state index contributed by atoms with van der Waals surface area (Å²) in [5.41, 5.74) is 10.5. The SMILES string of the molecule is c1cc(-c2ccc3ccc4cccnc4c3n2)cc(-c2c3ccccc3c(-c3ccc4oc5cc6ccccc6cc5c4c3)c3ccccc23)c1. The van der Waals surface area contributed by atoms with E-state index in [-0.39, 0.29) is 0 Å². The first-order chi connectivity index (χ1) is 25.3. The van der Waals surface area contributed by atoms with Crippen molar-refractivity contribution in [1.82, 2.24) is 9.97 Å². The second-order valence-corrected chi connectivity index (χ2v) is 13.3. The zero-order valence-electron chi connectivity index (χ0n) is 27.5. The smallest absolute Gasteiger partial charge is 0.136 e. The molecule has 3 aromatic heterocycles. The lowest BCUT2D eigenvalue weighted by atomic mass is 9.85. The van der Waals surface area contributed by atoms with Gasteiger partial charge < -0.3 is 4.42 Å². The number of furan rings is 1. The van der Waals surface area contributed by atoms with Crippen LogP contribution in [0.3, 0.4) is 0 Å². The maximum atomic E-state index is 6.39. The van der Waals surface area contributed by atoms with Crippen molar-refractivity contribution < 1.29 is 4.42 Å². The van der Waals surface area contributed by atoms with E-state index in [9.17, 15) is 0 Å². The maximum Gasteiger partial charge on any atom is 0.136 e. The van der Waals surface area contributed by atoms with Crippen LogP contribution in [-0.4, -0.2) is 9.97 Å². The number of aromatic nitrogens is 2. The van der Waals surface area contributed by atoms with Crippen molar-refractivity contribution in [1.29, 1.82) is 0 Å². The fourth-order valence-corrected chi connectivity index (χ4v) is 8.09. The molecule has 11 rings (SSSR count). The highest BCUT2D eigenvalue weighted by Crippen LogP contribution is 2.45. The molecule has 0 saturated carbocycles. The molecule has 0 bridgehead atoms. The van der Waals surface area contributed by atoms with Gasteiger partial charge in [0.1, 0.15) is 11.2 Å². The molecule has 3 heteroatoms. The Kier molecular flexibility index (Phi) is 5.96. The molecule has 0 atom stereocenters. The van der Waals surface area contributed by atoms with Gasteiger partial charge in [-0.2, -0.15) is 0 Å². The molecule has 8 aromatic carbocycles. The third-order valence-corrected chi connectivity index (χ3v) is 10.4. The van der Waals surface area contributed by atoms with Crippen LogP contribution in [0.5, 0.6) is 0 Å². The predicted octanol–water partition coefficient (Wildman–Crippen LogP) is 13.1. The largest absolute Gasteiger partial charge is 0.456 e. The van der Waals surface area contributed by atoms with Gasteiger partial charge in [0.15, 0.2) is 0 Å². The third-order valence-electron chi connectivity index (χ3n) is 10.4. The van der Waals surface area contributed by atoms with Crippen molar-refractivity contribution in [2.45, 2.75) is 0 Å². The van der Waals surface area contributed by atoms with E-state index in [1.807, 2.05) is 12.3 Å². The number of pyridine rings is 2. The van der Waals surface area contributed by atoms with Gasteiger partial charge in [0.25, 0.3) is 0 Å². The van der Waals surface area contributed by atoms with Crippen molar-refractivity contribution in [2.24, 2.45) is 0 Å². The molecule has 11 aromatic rings. The number of hydrogen-bond acceptors (Lipinski definition) is 3. The van der Waals surface area contributed by atoms with Crippen molar-refractivity contribution >= 4 is 76.1 Å². The molecule has 3 heterocycles. The maximum absolute atomic E-state index is 6.39. The fourth-order valence-electron chi connectivity index (χ4n) is 8.09. The van der Waals surface area contributed by atoms with Gasteiger partial charge >= 0.3 is 0 Å². The Labute approximate surface area is 293 Å². The van der Waals surface area contributed by atoms with E-state index in [4.69, 9.17) is 9.40 Å². The zero-order chi connectivity index (χ0) is 33.5. The molecule has 0 radical (unpaired) electrons. The van der Waals surface area contributed by atoms with Crippen LogP contribution in [0.2, 0.25) is 0 Å². The van der Waals surface area contributed by atoms with E-state index in [0.29, 0.717) is 0 Å². The normalized spacial score (nSPS) is 11.9. The lowest BCUT2D eigenvalue weighted by Gasteiger charge is -2.18. The number of benzene rings is 8. The standard InChI is InChI=1S/C48H28N2O/c1-2-10-32-28-44-41(26-31(32)9-1)40-27-35(21-23-43(40)51-44)46-38-16-5-3-14-36(38)45(37-15-4-6-17-39(37)46)34-12-7-11-33(25-34)42-22-20-30-19-18-29-13-8-24-49-47(29)48(30)50-42/h1-28H. The molecule has 0 aliphatic heterocycles. The minimum absolute atomic E-state index is 0.900. The quantitative estimate of drug-likeness (QED) is 0.141. The Bertz CT molecular complexity index is 3150. The first-order valence-electron chi connectivity index (χ1n) is 17.3. The molecule has 0 unspecified atom stereocenters. The zero-order valence-corrected chi connectivity index (χ0v) is 27.5. The Morgan fingerprint density at radius 2 is 0.941 bits per heavy atom. The van der Waals surface area contributed by atoms with Gasteiger partial charge in [0.05, 0.1) is 16.7 Å². The highest BCUT2D eigenvalue weighted by molar-refractivity contribution is 6.22. The molecule has 0 fully saturated rings. The van der Waals surface area contributed by atoms with Gasteiger partial charge in [-0.05, 0) is 97.0 Å². The summed E-state index contributed by atoms with van der Waals surface area (Å²) in [6.45, 7) is 0. The van der Waals surface area contributed by atoms with E-state index in [1.165, 1.54) is 49.0 Å². The van der Waals surface area contributed by atoms with Crippen LogP contribution in [0.25, 0.3) is 110 Å².